The Bertz CT molecular complexity index is 854. The number of amides is 1. The van der Waals surface area contributed by atoms with Crippen LogP contribution in [-0.4, -0.2) is 56.9 Å². The Morgan fingerprint density at radius 2 is 1.78 bits per heavy atom. The van der Waals surface area contributed by atoms with Crippen LogP contribution in [0.1, 0.15) is 24.0 Å². The second-order valence-corrected chi connectivity index (χ2v) is 8.01. The molecule has 6 nitrogen and oxygen atoms in total. The molecule has 1 aliphatic heterocycles. The third-order valence-electron chi connectivity index (χ3n) is 5.60. The van der Waals surface area contributed by atoms with E-state index in [0.29, 0.717) is 26.4 Å². The number of hydrogen-bond acceptors (Lipinski definition) is 5. The van der Waals surface area contributed by atoms with Crippen molar-refractivity contribution < 1.29 is 19.0 Å². The molecule has 1 N–H and O–H groups in total. The summed E-state index contributed by atoms with van der Waals surface area (Å²) in [7, 11) is 3.31. The highest BCUT2D eigenvalue weighted by molar-refractivity contribution is 5.90. The van der Waals surface area contributed by atoms with Crippen molar-refractivity contribution in [2.45, 2.75) is 31.5 Å². The number of carbonyl (C=O) groups is 1. The SMILES string of the molecule is COCC1(C(=O)NCC/C=C\CCOCc2ccc(OC)cc2)CN1Cc1ccccc1. The van der Waals surface area contributed by atoms with Crippen LogP contribution in [0.25, 0.3) is 0 Å². The van der Waals surface area contributed by atoms with E-state index in [4.69, 9.17) is 14.2 Å². The van der Waals surface area contributed by atoms with Crippen molar-refractivity contribution in [1.82, 2.24) is 10.2 Å². The summed E-state index contributed by atoms with van der Waals surface area (Å²) < 4.78 is 16.2. The van der Waals surface area contributed by atoms with Crippen LogP contribution < -0.4 is 10.1 Å². The van der Waals surface area contributed by atoms with Gasteiger partial charge in [0.25, 0.3) is 0 Å². The molecule has 32 heavy (non-hydrogen) atoms. The number of rotatable bonds is 14. The van der Waals surface area contributed by atoms with Crippen LogP contribution in [0.3, 0.4) is 0 Å². The highest BCUT2D eigenvalue weighted by atomic mass is 16.5. The van der Waals surface area contributed by atoms with Gasteiger partial charge < -0.3 is 19.5 Å². The minimum atomic E-state index is -0.538. The first-order chi connectivity index (χ1) is 15.7. The van der Waals surface area contributed by atoms with Gasteiger partial charge in [-0.15, -0.1) is 0 Å². The predicted octanol–water partition coefficient (Wildman–Crippen LogP) is 3.57. The Morgan fingerprint density at radius 1 is 1.03 bits per heavy atom. The molecule has 1 heterocycles. The van der Waals surface area contributed by atoms with E-state index in [1.165, 1.54) is 5.56 Å². The van der Waals surface area contributed by atoms with Crippen molar-refractivity contribution in [3.8, 4) is 5.75 Å². The molecule has 2 atom stereocenters. The summed E-state index contributed by atoms with van der Waals surface area (Å²) in [6.45, 7) is 3.77. The predicted molar refractivity (Wildman–Crippen MR) is 125 cm³/mol. The van der Waals surface area contributed by atoms with Crippen molar-refractivity contribution in [3.05, 3.63) is 77.9 Å². The monoisotopic (exact) mass is 438 g/mol. The number of hydrogen-bond donors (Lipinski definition) is 1. The van der Waals surface area contributed by atoms with Crippen LogP contribution in [-0.2, 0) is 27.4 Å². The quantitative estimate of drug-likeness (QED) is 0.278. The molecule has 0 bridgehead atoms. The molecule has 2 unspecified atom stereocenters. The van der Waals surface area contributed by atoms with Gasteiger partial charge in [0.05, 0.1) is 26.9 Å². The fourth-order valence-corrected chi connectivity index (χ4v) is 3.68. The van der Waals surface area contributed by atoms with E-state index in [-0.39, 0.29) is 5.91 Å². The number of ether oxygens (including phenoxy) is 3. The molecule has 0 saturated carbocycles. The number of nitrogens with zero attached hydrogens (tertiary/aromatic N) is 1. The van der Waals surface area contributed by atoms with Crippen molar-refractivity contribution in [2.24, 2.45) is 0 Å². The number of benzene rings is 2. The van der Waals surface area contributed by atoms with E-state index in [0.717, 1.165) is 37.2 Å². The van der Waals surface area contributed by atoms with Gasteiger partial charge in [0.1, 0.15) is 11.3 Å². The molecule has 0 radical (unpaired) electrons. The fourth-order valence-electron chi connectivity index (χ4n) is 3.68. The zero-order chi connectivity index (χ0) is 22.7. The molecule has 0 spiro atoms. The molecule has 2 aromatic carbocycles. The third kappa shape index (κ3) is 6.92. The Hall–Kier alpha value is -2.67. The van der Waals surface area contributed by atoms with E-state index in [2.05, 4.69) is 34.5 Å². The average molecular weight is 439 g/mol. The van der Waals surface area contributed by atoms with Crippen LogP contribution in [0.4, 0.5) is 0 Å². The highest BCUT2D eigenvalue weighted by Crippen LogP contribution is 2.34. The largest absolute Gasteiger partial charge is 0.497 e. The standard InChI is InChI=1S/C26H34N2O4/c1-30-21-26(20-28(26)18-22-10-6-5-7-11-22)25(29)27-16-8-3-4-9-17-32-19-23-12-14-24(31-2)15-13-23/h3-7,10-15H,8-9,16-21H2,1-2H3,(H,27,29)/b4-3-. The van der Waals surface area contributed by atoms with Gasteiger partial charge in [-0.1, -0.05) is 54.6 Å². The Labute approximate surface area is 191 Å². The first-order valence-corrected chi connectivity index (χ1v) is 11.1. The topological polar surface area (TPSA) is 59.8 Å². The number of nitrogens with one attached hydrogen (secondary N) is 1. The van der Waals surface area contributed by atoms with Gasteiger partial charge in [-0.2, -0.15) is 0 Å². The molecule has 6 heteroatoms. The molecular weight excluding hydrogens is 404 g/mol. The normalized spacial score (nSPS) is 19.8. The van der Waals surface area contributed by atoms with Gasteiger partial charge >= 0.3 is 0 Å². The lowest BCUT2D eigenvalue weighted by Crippen LogP contribution is -2.43. The fraction of sp³-hybridized carbons (Fsp3) is 0.423. The summed E-state index contributed by atoms with van der Waals surface area (Å²) >= 11 is 0. The first-order valence-electron chi connectivity index (χ1n) is 11.1. The zero-order valence-electron chi connectivity index (χ0n) is 19.1. The summed E-state index contributed by atoms with van der Waals surface area (Å²) in [4.78, 5) is 14.9. The smallest absolute Gasteiger partial charge is 0.244 e. The molecule has 0 aromatic heterocycles. The summed E-state index contributed by atoms with van der Waals surface area (Å²) in [6.07, 6.45) is 5.84. The van der Waals surface area contributed by atoms with Crippen molar-refractivity contribution >= 4 is 5.91 Å². The first kappa shape index (κ1) is 24.0. The lowest BCUT2D eigenvalue weighted by molar-refractivity contribution is -0.126. The van der Waals surface area contributed by atoms with E-state index in [9.17, 15) is 4.79 Å². The maximum atomic E-state index is 12.8. The maximum Gasteiger partial charge on any atom is 0.244 e. The molecule has 2 aromatic rings. The molecule has 1 amide bonds. The molecule has 1 fully saturated rings. The average Bonchev–Trinajstić information content (AvgIpc) is 3.52. The molecule has 1 saturated heterocycles. The second kappa shape index (κ2) is 12.4. The molecule has 1 aliphatic rings. The van der Waals surface area contributed by atoms with E-state index < -0.39 is 5.54 Å². The molecule has 172 valence electrons. The van der Waals surface area contributed by atoms with E-state index in [1.54, 1.807) is 14.2 Å². The van der Waals surface area contributed by atoms with Gasteiger partial charge in [-0.3, -0.25) is 9.69 Å². The third-order valence-corrected chi connectivity index (χ3v) is 5.60. The van der Waals surface area contributed by atoms with Gasteiger partial charge in [-0.05, 0) is 36.1 Å². The van der Waals surface area contributed by atoms with Crippen LogP contribution >= 0.6 is 0 Å². The lowest BCUT2D eigenvalue weighted by Gasteiger charge is -2.17. The maximum absolute atomic E-state index is 12.8. The Morgan fingerprint density at radius 3 is 2.50 bits per heavy atom. The molecule has 0 aliphatic carbocycles. The van der Waals surface area contributed by atoms with Crippen LogP contribution in [0.15, 0.2) is 66.7 Å². The Balaban J connectivity index is 1.29. The van der Waals surface area contributed by atoms with Crippen LogP contribution in [0, 0.1) is 0 Å². The van der Waals surface area contributed by atoms with Gasteiger partial charge in [-0.25, -0.2) is 0 Å². The van der Waals surface area contributed by atoms with Crippen molar-refractivity contribution in [1.29, 1.82) is 0 Å². The summed E-state index contributed by atoms with van der Waals surface area (Å²) in [5.41, 5.74) is 1.79. The van der Waals surface area contributed by atoms with Gasteiger partial charge in [0.2, 0.25) is 5.91 Å². The van der Waals surface area contributed by atoms with Crippen molar-refractivity contribution in [3.63, 3.8) is 0 Å². The van der Waals surface area contributed by atoms with E-state index in [1.807, 2.05) is 42.5 Å². The molecule has 3 rings (SSSR count). The van der Waals surface area contributed by atoms with Crippen molar-refractivity contribution in [2.75, 3.05) is 40.5 Å². The van der Waals surface area contributed by atoms with Gasteiger partial charge in [0.15, 0.2) is 0 Å². The highest BCUT2D eigenvalue weighted by Gasteiger charge is 2.57. The summed E-state index contributed by atoms with van der Waals surface area (Å²) in [5, 5.41) is 3.07. The van der Waals surface area contributed by atoms with Gasteiger partial charge in [0, 0.05) is 26.7 Å². The van der Waals surface area contributed by atoms with E-state index >= 15 is 0 Å². The summed E-state index contributed by atoms with van der Waals surface area (Å²) in [6, 6.07) is 18.1. The second-order valence-electron chi connectivity index (χ2n) is 8.01. The minimum Gasteiger partial charge on any atom is -0.497 e. The molecular formula is C26H34N2O4. The minimum absolute atomic E-state index is 0.0477. The van der Waals surface area contributed by atoms with Crippen LogP contribution in [0.2, 0.25) is 0 Å². The Kier molecular flexibility index (Phi) is 9.28. The lowest BCUT2D eigenvalue weighted by atomic mass is 10.1. The zero-order valence-corrected chi connectivity index (χ0v) is 19.1. The number of methoxy groups -OCH3 is 2. The summed E-state index contributed by atoms with van der Waals surface area (Å²) in [5.74, 6) is 0.897. The van der Waals surface area contributed by atoms with Crippen LogP contribution in [0.5, 0.6) is 5.75 Å². The number of carbonyl (C=O) groups excluding carboxylic acids is 1.